The first-order valence-electron chi connectivity index (χ1n) is 9.13. The molecule has 0 aliphatic heterocycles. The zero-order chi connectivity index (χ0) is 21.5. The molecule has 0 atom stereocenters. The summed E-state index contributed by atoms with van der Waals surface area (Å²) in [6.07, 6.45) is 3.90. The quantitative estimate of drug-likeness (QED) is 0.374. The first kappa shape index (κ1) is 20.7. The van der Waals surface area contributed by atoms with Gasteiger partial charge in [0.15, 0.2) is 0 Å². The second-order valence-corrected chi connectivity index (χ2v) is 6.30. The Bertz CT molecular complexity index is 1060. The van der Waals surface area contributed by atoms with Crippen LogP contribution in [-0.4, -0.2) is 36.3 Å². The molecular weight excluding hydrogens is 384 g/mol. The summed E-state index contributed by atoms with van der Waals surface area (Å²) in [6.45, 7) is 1.75. The summed E-state index contributed by atoms with van der Waals surface area (Å²) in [7, 11) is 2.98. The maximum Gasteiger partial charge on any atom is 0.329 e. The first-order valence-corrected chi connectivity index (χ1v) is 9.13. The zero-order valence-electron chi connectivity index (χ0n) is 16.9. The molecule has 0 saturated heterocycles. The van der Waals surface area contributed by atoms with Crippen LogP contribution in [0.5, 0.6) is 11.5 Å². The summed E-state index contributed by atoms with van der Waals surface area (Å²) in [5, 5.41) is 6.51. The largest absolute Gasteiger partial charge is 0.497 e. The van der Waals surface area contributed by atoms with Crippen LogP contribution in [0.4, 0.5) is 5.69 Å². The molecule has 0 saturated carbocycles. The molecule has 0 fully saturated rings. The van der Waals surface area contributed by atoms with Crippen molar-refractivity contribution in [1.29, 1.82) is 0 Å². The Morgan fingerprint density at radius 1 is 0.933 bits per heavy atom. The molecule has 1 aromatic heterocycles. The summed E-state index contributed by atoms with van der Waals surface area (Å²) < 4.78 is 12.3. The van der Waals surface area contributed by atoms with Crippen LogP contribution in [0.1, 0.15) is 12.5 Å². The average Bonchev–Trinajstić information content (AvgIpc) is 3.32. The minimum Gasteiger partial charge on any atom is -0.497 e. The number of benzene rings is 2. The number of anilines is 1. The highest BCUT2D eigenvalue weighted by atomic mass is 16.5. The Labute approximate surface area is 174 Å². The zero-order valence-corrected chi connectivity index (χ0v) is 16.9. The van der Waals surface area contributed by atoms with Crippen molar-refractivity contribution >= 4 is 23.2 Å². The average molecular weight is 406 g/mol. The van der Waals surface area contributed by atoms with Crippen molar-refractivity contribution in [1.82, 2.24) is 9.99 Å². The van der Waals surface area contributed by atoms with Gasteiger partial charge in [-0.3, -0.25) is 9.59 Å². The number of nitrogens with one attached hydrogen (secondary N) is 2. The third-order valence-electron chi connectivity index (χ3n) is 4.38. The predicted octanol–water partition coefficient (Wildman–Crippen LogP) is 2.97. The Kier molecular flexibility index (Phi) is 6.49. The van der Waals surface area contributed by atoms with Crippen LogP contribution in [0, 0.1) is 0 Å². The lowest BCUT2D eigenvalue weighted by molar-refractivity contribution is -0.136. The fourth-order valence-electron chi connectivity index (χ4n) is 2.71. The standard InChI is InChI=1S/C22H22N4O4/c1-15(16-6-8-17(9-7-16)26-12-4-5-13-26)24-25-22(28)21(27)23-19-11-10-18(29-2)14-20(19)30-3/h4-14H,1-3H3,(H,23,27)(H,25,28)/b24-15+. The van der Waals surface area contributed by atoms with Crippen molar-refractivity contribution < 1.29 is 19.1 Å². The number of carbonyl (C=O) groups excluding carboxylic acids is 2. The molecule has 154 valence electrons. The van der Waals surface area contributed by atoms with Crippen LogP contribution in [0.3, 0.4) is 0 Å². The van der Waals surface area contributed by atoms with E-state index < -0.39 is 11.8 Å². The van der Waals surface area contributed by atoms with E-state index in [2.05, 4.69) is 15.8 Å². The van der Waals surface area contributed by atoms with Gasteiger partial charge in [-0.05, 0) is 48.9 Å². The van der Waals surface area contributed by atoms with E-state index in [0.717, 1.165) is 11.3 Å². The van der Waals surface area contributed by atoms with Gasteiger partial charge < -0.3 is 19.4 Å². The van der Waals surface area contributed by atoms with Gasteiger partial charge in [0.2, 0.25) is 0 Å². The molecule has 0 unspecified atom stereocenters. The van der Waals surface area contributed by atoms with Gasteiger partial charge in [0.1, 0.15) is 11.5 Å². The summed E-state index contributed by atoms with van der Waals surface area (Å²) in [5.74, 6) is -0.815. The third kappa shape index (κ3) is 4.85. The second-order valence-electron chi connectivity index (χ2n) is 6.30. The van der Waals surface area contributed by atoms with Gasteiger partial charge in [0, 0.05) is 24.1 Å². The molecule has 2 N–H and O–H groups in total. The van der Waals surface area contributed by atoms with Crippen molar-refractivity contribution in [2.75, 3.05) is 19.5 Å². The van der Waals surface area contributed by atoms with E-state index in [0.29, 0.717) is 22.9 Å². The molecule has 0 aliphatic rings. The minimum absolute atomic E-state index is 0.347. The van der Waals surface area contributed by atoms with Gasteiger partial charge in [-0.25, -0.2) is 5.43 Å². The van der Waals surface area contributed by atoms with E-state index in [1.54, 1.807) is 25.1 Å². The van der Waals surface area contributed by atoms with E-state index >= 15 is 0 Å². The summed E-state index contributed by atoms with van der Waals surface area (Å²) in [4.78, 5) is 24.3. The van der Waals surface area contributed by atoms with E-state index in [1.807, 2.05) is 53.4 Å². The highest BCUT2D eigenvalue weighted by Crippen LogP contribution is 2.28. The number of carbonyl (C=O) groups is 2. The van der Waals surface area contributed by atoms with Crippen molar-refractivity contribution in [3.8, 4) is 17.2 Å². The third-order valence-corrected chi connectivity index (χ3v) is 4.38. The molecule has 0 radical (unpaired) electrons. The molecular formula is C22H22N4O4. The van der Waals surface area contributed by atoms with Crippen LogP contribution in [0.15, 0.2) is 72.1 Å². The molecule has 2 aromatic carbocycles. The molecule has 0 bridgehead atoms. The Hall–Kier alpha value is -4.07. The van der Waals surface area contributed by atoms with Gasteiger partial charge in [-0.1, -0.05) is 12.1 Å². The summed E-state index contributed by atoms with van der Waals surface area (Å²) in [6, 6.07) is 16.4. The molecule has 8 heteroatoms. The van der Waals surface area contributed by atoms with Crippen LogP contribution < -0.4 is 20.2 Å². The number of nitrogens with zero attached hydrogens (tertiary/aromatic N) is 2. The maximum absolute atomic E-state index is 12.2. The number of hydrazone groups is 1. The number of ether oxygens (including phenoxy) is 2. The molecule has 0 spiro atoms. The summed E-state index contributed by atoms with van der Waals surface area (Å²) in [5.41, 5.74) is 5.01. The highest BCUT2D eigenvalue weighted by Gasteiger charge is 2.16. The molecule has 8 nitrogen and oxygen atoms in total. The Balaban J connectivity index is 1.62. The molecule has 1 heterocycles. The Morgan fingerprint density at radius 2 is 1.63 bits per heavy atom. The number of methoxy groups -OCH3 is 2. The smallest absolute Gasteiger partial charge is 0.329 e. The number of hydrogen-bond acceptors (Lipinski definition) is 5. The van der Waals surface area contributed by atoms with Gasteiger partial charge in [-0.2, -0.15) is 5.10 Å². The maximum atomic E-state index is 12.2. The Morgan fingerprint density at radius 3 is 2.27 bits per heavy atom. The lowest BCUT2D eigenvalue weighted by atomic mass is 10.1. The van der Waals surface area contributed by atoms with Crippen molar-refractivity contribution in [3.63, 3.8) is 0 Å². The van der Waals surface area contributed by atoms with E-state index in [9.17, 15) is 9.59 Å². The minimum atomic E-state index is -0.892. The first-order chi connectivity index (χ1) is 14.5. The fraction of sp³-hybridized carbons (Fsp3) is 0.136. The molecule has 0 aliphatic carbocycles. The van der Waals surface area contributed by atoms with Gasteiger partial charge in [0.05, 0.1) is 25.6 Å². The number of aromatic nitrogens is 1. The highest BCUT2D eigenvalue weighted by molar-refractivity contribution is 6.39. The van der Waals surface area contributed by atoms with E-state index in [1.165, 1.54) is 14.2 Å². The number of rotatable bonds is 6. The van der Waals surface area contributed by atoms with Crippen LogP contribution >= 0.6 is 0 Å². The van der Waals surface area contributed by atoms with Crippen LogP contribution in [0.2, 0.25) is 0 Å². The van der Waals surface area contributed by atoms with Crippen LogP contribution in [-0.2, 0) is 9.59 Å². The van der Waals surface area contributed by atoms with Crippen molar-refractivity contribution in [2.24, 2.45) is 5.10 Å². The lowest BCUT2D eigenvalue weighted by Gasteiger charge is -2.11. The number of amides is 2. The monoisotopic (exact) mass is 406 g/mol. The van der Waals surface area contributed by atoms with Gasteiger partial charge >= 0.3 is 11.8 Å². The van der Waals surface area contributed by atoms with Gasteiger partial charge in [-0.15, -0.1) is 0 Å². The molecule has 3 aromatic rings. The normalized spacial score (nSPS) is 11.0. The molecule has 2 amide bonds. The van der Waals surface area contributed by atoms with E-state index in [4.69, 9.17) is 9.47 Å². The van der Waals surface area contributed by atoms with Crippen LogP contribution in [0.25, 0.3) is 5.69 Å². The fourth-order valence-corrected chi connectivity index (χ4v) is 2.71. The molecule has 30 heavy (non-hydrogen) atoms. The predicted molar refractivity (Wildman–Crippen MR) is 114 cm³/mol. The van der Waals surface area contributed by atoms with E-state index in [-0.39, 0.29) is 0 Å². The molecule has 3 rings (SSSR count). The SMILES string of the molecule is COc1ccc(NC(=O)C(=O)N/N=C(\C)c2ccc(-n3cccc3)cc2)c(OC)c1. The van der Waals surface area contributed by atoms with Crippen molar-refractivity contribution in [3.05, 3.63) is 72.6 Å². The number of hydrogen-bond donors (Lipinski definition) is 2. The second kappa shape index (κ2) is 9.42. The van der Waals surface area contributed by atoms with Gasteiger partial charge in [0.25, 0.3) is 0 Å². The van der Waals surface area contributed by atoms with Crippen molar-refractivity contribution in [2.45, 2.75) is 6.92 Å². The summed E-state index contributed by atoms with van der Waals surface area (Å²) >= 11 is 0. The lowest BCUT2D eigenvalue weighted by Crippen LogP contribution is -2.33. The topological polar surface area (TPSA) is 94.0 Å².